The molecule has 0 aliphatic heterocycles. The first-order chi connectivity index (χ1) is 12.1. The molecule has 6 heteroatoms. The minimum Gasteiger partial charge on any atom is -0.427 e. The SMILES string of the molecule is CCc1ccc(OC(=O)CCc2nc(-c3ccc(Cl)cc3)no2)cc1. The number of aromatic nitrogens is 2. The topological polar surface area (TPSA) is 65.2 Å². The summed E-state index contributed by atoms with van der Waals surface area (Å²) in [6, 6.07) is 14.6. The summed E-state index contributed by atoms with van der Waals surface area (Å²) in [6.45, 7) is 2.07. The summed E-state index contributed by atoms with van der Waals surface area (Å²) in [5.74, 6) is 1.06. The van der Waals surface area contributed by atoms with E-state index in [2.05, 4.69) is 17.1 Å². The van der Waals surface area contributed by atoms with Gasteiger partial charge in [-0.05, 0) is 48.4 Å². The van der Waals surface area contributed by atoms with Gasteiger partial charge in [-0.2, -0.15) is 4.98 Å². The first-order valence-electron chi connectivity index (χ1n) is 8.02. The van der Waals surface area contributed by atoms with Gasteiger partial charge in [-0.1, -0.05) is 35.8 Å². The van der Waals surface area contributed by atoms with E-state index in [4.69, 9.17) is 20.9 Å². The van der Waals surface area contributed by atoms with Crippen LogP contribution in [0.5, 0.6) is 5.75 Å². The summed E-state index contributed by atoms with van der Waals surface area (Å²) in [5.41, 5.74) is 2.00. The fourth-order valence-electron chi connectivity index (χ4n) is 2.26. The van der Waals surface area contributed by atoms with Crippen LogP contribution in [-0.2, 0) is 17.6 Å². The van der Waals surface area contributed by atoms with Crippen molar-refractivity contribution in [2.75, 3.05) is 0 Å². The second-order valence-corrected chi connectivity index (χ2v) is 5.93. The zero-order valence-electron chi connectivity index (χ0n) is 13.7. The summed E-state index contributed by atoms with van der Waals surface area (Å²) in [4.78, 5) is 16.2. The minimum atomic E-state index is -0.338. The quantitative estimate of drug-likeness (QED) is 0.481. The van der Waals surface area contributed by atoms with Crippen LogP contribution in [0.1, 0.15) is 24.8 Å². The number of rotatable bonds is 6. The Morgan fingerprint density at radius 1 is 1.12 bits per heavy atom. The van der Waals surface area contributed by atoms with Crippen molar-refractivity contribution < 1.29 is 14.1 Å². The van der Waals surface area contributed by atoms with Crippen LogP contribution in [0.2, 0.25) is 5.02 Å². The normalized spacial score (nSPS) is 10.6. The highest BCUT2D eigenvalue weighted by Gasteiger charge is 2.12. The third kappa shape index (κ3) is 4.67. The Bertz CT molecular complexity index is 842. The van der Waals surface area contributed by atoms with Gasteiger partial charge in [0.1, 0.15) is 5.75 Å². The Morgan fingerprint density at radius 3 is 2.52 bits per heavy atom. The van der Waals surface area contributed by atoms with E-state index in [1.807, 2.05) is 24.3 Å². The van der Waals surface area contributed by atoms with Gasteiger partial charge in [-0.3, -0.25) is 4.79 Å². The molecule has 0 spiro atoms. The van der Waals surface area contributed by atoms with Crippen molar-refractivity contribution >= 4 is 17.6 Å². The number of hydrogen-bond donors (Lipinski definition) is 0. The van der Waals surface area contributed by atoms with Crippen molar-refractivity contribution in [2.45, 2.75) is 26.2 Å². The zero-order valence-corrected chi connectivity index (χ0v) is 14.5. The molecule has 3 aromatic rings. The van der Waals surface area contributed by atoms with Crippen molar-refractivity contribution in [1.82, 2.24) is 10.1 Å². The summed E-state index contributed by atoms with van der Waals surface area (Å²) in [6.07, 6.45) is 1.44. The van der Waals surface area contributed by atoms with E-state index in [-0.39, 0.29) is 12.4 Å². The van der Waals surface area contributed by atoms with E-state index < -0.39 is 0 Å². The number of esters is 1. The molecule has 1 aromatic heterocycles. The van der Waals surface area contributed by atoms with Crippen LogP contribution >= 0.6 is 11.6 Å². The van der Waals surface area contributed by atoms with Crippen LogP contribution in [0.15, 0.2) is 53.1 Å². The molecular weight excluding hydrogens is 340 g/mol. The molecule has 0 radical (unpaired) electrons. The first-order valence-corrected chi connectivity index (χ1v) is 8.40. The molecule has 2 aromatic carbocycles. The van der Waals surface area contributed by atoms with Crippen molar-refractivity contribution in [3.05, 3.63) is 65.0 Å². The molecule has 5 nitrogen and oxygen atoms in total. The molecule has 1 heterocycles. The van der Waals surface area contributed by atoms with Crippen molar-refractivity contribution in [2.24, 2.45) is 0 Å². The van der Waals surface area contributed by atoms with Gasteiger partial charge in [0, 0.05) is 17.0 Å². The van der Waals surface area contributed by atoms with Gasteiger partial charge in [-0.15, -0.1) is 0 Å². The summed E-state index contributed by atoms with van der Waals surface area (Å²) >= 11 is 5.86. The number of aryl methyl sites for hydroxylation is 2. The Morgan fingerprint density at radius 2 is 1.84 bits per heavy atom. The molecule has 0 fully saturated rings. The lowest BCUT2D eigenvalue weighted by molar-refractivity contribution is -0.134. The van der Waals surface area contributed by atoms with Crippen molar-refractivity contribution in [1.29, 1.82) is 0 Å². The Labute approximate surface area is 150 Å². The van der Waals surface area contributed by atoms with Gasteiger partial charge in [0.2, 0.25) is 11.7 Å². The molecule has 0 aliphatic rings. The molecule has 0 saturated heterocycles. The number of ether oxygens (including phenoxy) is 1. The monoisotopic (exact) mass is 356 g/mol. The highest BCUT2D eigenvalue weighted by Crippen LogP contribution is 2.19. The number of halogens is 1. The average Bonchev–Trinajstić information content (AvgIpc) is 3.10. The van der Waals surface area contributed by atoms with E-state index in [9.17, 15) is 4.79 Å². The summed E-state index contributed by atoms with van der Waals surface area (Å²) in [7, 11) is 0. The zero-order chi connectivity index (χ0) is 17.6. The number of carbonyl (C=O) groups excluding carboxylic acids is 1. The number of nitrogens with zero attached hydrogens (tertiary/aromatic N) is 2. The van der Waals surface area contributed by atoms with Crippen LogP contribution in [0.25, 0.3) is 11.4 Å². The highest BCUT2D eigenvalue weighted by atomic mass is 35.5. The van der Waals surface area contributed by atoms with E-state index in [0.717, 1.165) is 12.0 Å². The minimum absolute atomic E-state index is 0.164. The lowest BCUT2D eigenvalue weighted by Gasteiger charge is -2.04. The van der Waals surface area contributed by atoms with Gasteiger partial charge >= 0.3 is 5.97 Å². The standard InChI is InChI=1S/C19H17ClN2O3/c1-2-13-3-9-16(10-4-13)24-18(23)12-11-17-21-19(22-25-17)14-5-7-15(20)8-6-14/h3-10H,2,11-12H2,1H3. The van der Waals surface area contributed by atoms with Crippen LogP contribution in [-0.4, -0.2) is 16.1 Å². The van der Waals surface area contributed by atoms with Crippen LogP contribution in [0.3, 0.4) is 0 Å². The van der Waals surface area contributed by atoms with E-state index in [0.29, 0.717) is 28.9 Å². The maximum Gasteiger partial charge on any atom is 0.311 e. The van der Waals surface area contributed by atoms with Crippen LogP contribution < -0.4 is 4.74 Å². The predicted molar refractivity (Wildman–Crippen MR) is 94.5 cm³/mol. The molecule has 0 bridgehead atoms. The molecule has 128 valence electrons. The Hall–Kier alpha value is -2.66. The molecule has 0 aliphatic carbocycles. The predicted octanol–water partition coefficient (Wildman–Crippen LogP) is 4.49. The Balaban J connectivity index is 1.54. The average molecular weight is 357 g/mol. The molecular formula is C19H17ClN2O3. The number of benzene rings is 2. The van der Waals surface area contributed by atoms with Gasteiger partial charge in [0.15, 0.2) is 0 Å². The van der Waals surface area contributed by atoms with Gasteiger partial charge in [0.25, 0.3) is 0 Å². The van der Waals surface area contributed by atoms with Crippen molar-refractivity contribution in [3.8, 4) is 17.1 Å². The lowest BCUT2D eigenvalue weighted by atomic mass is 10.2. The summed E-state index contributed by atoms with van der Waals surface area (Å²) < 4.78 is 10.5. The maximum atomic E-state index is 11.9. The van der Waals surface area contributed by atoms with E-state index in [1.54, 1.807) is 24.3 Å². The second kappa shape index (κ2) is 7.94. The van der Waals surface area contributed by atoms with Crippen molar-refractivity contribution in [3.63, 3.8) is 0 Å². The van der Waals surface area contributed by atoms with E-state index >= 15 is 0 Å². The largest absolute Gasteiger partial charge is 0.427 e. The first kappa shape index (κ1) is 17.2. The van der Waals surface area contributed by atoms with Crippen LogP contribution in [0.4, 0.5) is 0 Å². The molecule has 3 rings (SSSR count). The van der Waals surface area contributed by atoms with Crippen LogP contribution in [0, 0.1) is 0 Å². The van der Waals surface area contributed by atoms with Gasteiger partial charge < -0.3 is 9.26 Å². The molecule has 0 N–H and O–H groups in total. The molecule has 0 amide bonds. The smallest absolute Gasteiger partial charge is 0.311 e. The summed E-state index contributed by atoms with van der Waals surface area (Å²) in [5, 5.41) is 4.56. The molecule has 0 saturated carbocycles. The number of carbonyl (C=O) groups is 1. The van der Waals surface area contributed by atoms with Gasteiger partial charge in [-0.25, -0.2) is 0 Å². The van der Waals surface area contributed by atoms with Gasteiger partial charge in [0.05, 0.1) is 6.42 Å². The fourth-order valence-corrected chi connectivity index (χ4v) is 2.38. The fraction of sp³-hybridized carbons (Fsp3) is 0.211. The molecule has 0 atom stereocenters. The maximum absolute atomic E-state index is 11.9. The third-order valence-electron chi connectivity index (χ3n) is 3.68. The number of hydrogen-bond acceptors (Lipinski definition) is 5. The lowest BCUT2D eigenvalue weighted by Crippen LogP contribution is -2.09. The molecule has 0 unspecified atom stereocenters. The molecule has 25 heavy (non-hydrogen) atoms. The highest BCUT2D eigenvalue weighted by molar-refractivity contribution is 6.30. The second-order valence-electron chi connectivity index (χ2n) is 5.49. The van der Waals surface area contributed by atoms with E-state index in [1.165, 1.54) is 5.56 Å². The third-order valence-corrected chi connectivity index (χ3v) is 3.93. The Kier molecular flexibility index (Phi) is 5.46.